The van der Waals surface area contributed by atoms with Gasteiger partial charge >= 0.3 is 5.97 Å². The van der Waals surface area contributed by atoms with E-state index < -0.39 is 23.5 Å². The van der Waals surface area contributed by atoms with Crippen LogP contribution in [-0.2, 0) is 16.1 Å². The maximum absolute atomic E-state index is 13.7. The molecule has 37 heavy (non-hydrogen) atoms. The van der Waals surface area contributed by atoms with Gasteiger partial charge in [0.2, 0.25) is 5.95 Å². The Morgan fingerprint density at radius 3 is 2.38 bits per heavy atom. The quantitative estimate of drug-likeness (QED) is 0.318. The van der Waals surface area contributed by atoms with Crippen molar-refractivity contribution < 1.29 is 19.0 Å². The van der Waals surface area contributed by atoms with Gasteiger partial charge in [0.1, 0.15) is 0 Å². The minimum atomic E-state index is -1.24. The van der Waals surface area contributed by atoms with Crippen LogP contribution in [0.2, 0.25) is 5.02 Å². The fraction of sp³-hybridized carbons (Fsp3) is 0.321. The van der Waals surface area contributed by atoms with Gasteiger partial charge in [0, 0.05) is 34.8 Å². The van der Waals surface area contributed by atoms with Crippen LogP contribution in [0.4, 0.5) is 16.0 Å². The van der Waals surface area contributed by atoms with Crippen molar-refractivity contribution in [2.45, 2.75) is 52.9 Å². The predicted molar refractivity (Wildman–Crippen MR) is 142 cm³/mol. The predicted octanol–water partition coefficient (Wildman–Crippen LogP) is 6.60. The first-order valence-corrected chi connectivity index (χ1v) is 12.4. The van der Waals surface area contributed by atoms with Gasteiger partial charge in [0.25, 0.3) is 0 Å². The van der Waals surface area contributed by atoms with E-state index >= 15 is 0 Å². The zero-order valence-electron chi connectivity index (χ0n) is 21.3. The number of aliphatic carboxylic acids is 1. The topological polar surface area (TPSA) is 80.5 Å². The molecule has 0 unspecified atom stereocenters. The van der Waals surface area contributed by atoms with E-state index in [2.05, 4.69) is 20.6 Å². The molecule has 2 aromatic heterocycles. The molecule has 0 amide bonds. The number of ether oxygens (including phenoxy) is 1. The molecule has 7 nitrogen and oxygen atoms in total. The van der Waals surface area contributed by atoms with Crippen molar-refractivity contribution in [1.82, 2.24) is 14.5 Å². The van der Waals surface area contributed by atoms with Crippen molar-refractivity contribution in [2.75, 3.05) is 11.4 Å². The Hall–Kier alpha value is -3.49. The average Bonchev–Trinajstić information content (AvgIpc) is 3.17. The minimum absolute atomic E-state index is 0.352. The Morgan fingerprint density at radius 2 is 1.78 bits per heavy atom. The smallest absolute Gasteiger partial charge is 0.337 e. The lowest BCUT2D eigenvalue weighted by Crippen LogP contribution is -2.32. The lowest BCUT2D eigenvalue weighted by Gasteiger charge is -2.34. The molecule has 9 heteroatoms. The van der Waals surface area contributed by atoms with E-state index in [0.29, 0.717) is 29.6 Å². The molecule has 0 saturated carbocycles. The second-order valence-electron chi connectivity index (χ2n) is 10.3. The Labute approximate surface area is 219 Å². The Bertz CT molecular complexity index is 1510. The van der Waals surface area contributed by atoms with Crippen LogP contribution in [0.1, 0.15) is 43.7 Å². The van der Waals surface area contributed by atoms with E-state index in [-0.39, 0.29) is 0 Å². The first kappa shape index (κ1) is 25.2. The van der Waals surface area contributed by atoms with Crippen molar-refractivity contribution in [3.63, 3.8) is 0 Å². The molecule has 2 aromatic carbocycles. The first-order valence-electron chi connectivity index (χ1n) is 12.0. The fourth-order valence-corrected chi connectivity index (χ4v) is 5.30. The number of aryl methyl sites for hydroxylation is 1. The molecule has 0 spiro atoms. The number of anilines is 2. The van der Waals surface area contributed by atoms with Gasteiger partial charge in [-0.1, -0.05) is 23.7 Å². The van der Waals surface area contributed by atoms with Crippen LogP contribution in [-0.4, -0.2) is 37.8 Å². The van der Waals surface area contributed by atoms with E-state index in [1.807, 2.05) is 51.7 Å². The van der Waals surface area contributed by atoms with Crippen molar-refractivity contribution in [2.24, 2.45) is 0 Å². The molecule has 3 heterocycles. The molecule has 0 fully saturated rings. The van der Waals surface area contributed by atoms with Gasteiger partial charge in [0.05, 0.1) is 29.2 Å². The van der Waals surface area contributed by atoms with Gasteiger partial charge in [-0.15, -0.1) is 0 Å². The summed E-state index contributed by atoms with van der Waals surface area (Å²) in [6.07, 6.45) is 1.03. The molecule has 1 aliphatic heterocycles. The highest BCUT2D eigenvalue weighted by Gasteiger charge is 2.36. The Balaban J connectivity index is 1.90. The summed E-state index contributed by atoms with van der Waals surface area (Å²) < 4.78 is 22.1. The molecule has 0 aliphatic carbocycles. The minimum Gasteiger partial charge on any atom is -0.479 e. The molecule has 1 N–H and O–H groups in total. The number of carboxylic acids is 1. The number of nitrogens with zero attached hydrogens (tertiary/aromatic N) is 4. The van der Waals surface area contributed by atoms with Crippen molar-refractivity contribution in [1.29, 1.82) is 0 Å². The summed E-state index contributed by atoms with van der Waals surface area (Å²) in [7, 11) is 0. The monoisotopic (exact) mass is 522 g/mol. The fourth-order valence-electron chi connectivity index (χ4n) is 5.18. The summed E-state index contributed by atoms with van der Waals surface area (Å²) in [6, 6.07) is 9.47. The van der Waals surface area contributed by atoms with Gasteiger partial charge in [-0.2, -0.15) is 0 Å². The maximum atomic E-state index is 13.7. The molecule has 0 bridgehead atoms. The lowest BCUT2D eigenvalue weighted by atomic mass is 9.87. The van der Waals surface area contributed by atoms with E-state index in [1.54, 1.807) is 12.1 Å². The largest absolute Gasteiger partial charge is 0.479 e. The molecule has 0 radical (unpaired) electrons. The molecular weight excluding hydrogens is 495 g/mol. The number of hydrogen-bond donors (Lipinski definition) is 1. The first-order chi connectivity index (χ1) is 17.5. The highest BCUT2D eigenvalue weighted by molar-refractivity contribution is 6.30. The Kier molecular flexibility index (Phi) is 6.20. The van der Waals surface area contributed by atoms with Crippen LogP contribution in [0.15, 0.2) is 42.7 Å². The molecule has 192 valence electrons. The second-order valence-corrected chi connectivity index (χ2v) is 10.7. The molecule has 5 rings (SSSR count). The molecule has 1 atom stereocenters. The van der Waals surface area contributed by atoms with Crippen LogP contribution >= 0.6 is 11.6 Å². The zero-order valence-corrected chi connectivity index (χ0v) is 22.1. The number of benzene rings is 2. The SMILES string of the molecule is Cc1c([C@H](OC(C)(C)C)C(=O)O)c(-c2ccc(Cl)cc2)c2cc(C)n3c2c1N(c1ncc(F)cn1)CC3. The third-order valence-corrected chi connectivity index (χ3v) is 6.83. The summed E-state index contributed by atoms with van der Waals surface area (Å²) in [6.45, 7) is 10.7. The number of rotatable bonds is 5. The van der Waals surface area contributed by atoms with Crippen LogP contribution < -0.4 is 4.90 Å². The Morgan fingerprint density at radius 1 is 1.14 bits per heavy atom. The number of carbonyl (C=O) groups is 1. The number of hydrogen-bond acceptors (Lipinski definition) is 5. The maximum Gasteiger partial charge on any atom is 0.337 e. The van der Waals surface area contributed by atoms with E-state index in [4.69, 9.17) is 16.3 Å². The summed E-state index contributed by atoms with van der Waals surface area (Å²) in [5, 5.41) is 11.9. The number of carboxylic acid groups (broad SMARTS) is 1. The normalized spacial score (nSPS) is 14.3. The van der Waals surface area contributed by atoms with Gasteiger partial charge < -0.3 is 19.3 Å². The van der Waals surface area contributed by atoms with Gasteiger partial charge in [0.15, 0.2) is 11.9 Å². The average molecular weight is 523 g/mol. The molecule has 0 saturated heterocycles. The van der Waals surface area contributed by atoms with Gasteiger partial charge in [-0.3, -0.25) is 0 Å². The van der Waals surface area contributed by atoms with Crippen molar-refractivity contribution in [3.8, 4) is 11.1 Å². The van der Waals surface area contributed by atoms with Crippen LogP contribution in [0, 0.1) is 19.7 Å². The van der Waals surface area contributed by atoms with Gasteiger partial charge in [-0.25, -0.2) is 19.2 Å². The van der Waals surface area contributed by atoms with Crippen molar-refractivity contribution in [3.05, 3.63) is 70.4 Å². The van der Waals surface area contributed by atoms with E-state index in [1.165, 1.54) is 0 Å². The standard InChI is InChI=1S/C28H28ClFN4O3/c1-15-12-20-22(17-6-8-18(29)9-7-17)21(25(26(35)36)37-28(3,4)5)16(2)23-24(20)33(15)10-11-34(23)27-31-13-19(30)14-32-27/h6-9,12-14,25H,10-11H2,1-5H3,(H,35,36)/t25-/m0/s1. The van der Waals surface area contributed by atoms with E-state index in [9.17, 15) is 14.3 Å². The summed E-state index contributed by atoms with van der Waals surface area (Å²) in [5.41, 5.74) is 4.98. The third-order valence-electron chi connectivity index (χ3n) is 6.58. The molecule has 4 aromatic rings. The highest BCUT2D eigenvalue weighted by atomic mass is 35.5. The number of aromatic nitrogens is 3. The summed E-state index contributed by atoms with van der Waals surface area (Å²) >= 11 is 6.20. The number of halogens is 2. The molecule has 1 aliphatic rings. The van der Waals surface area contributed by atoms with Crippen LogP contribution in [0.25, 0.3) is 22.0 Å². The van der Waals surface area contributed by atoms with Crippen molar-refractivity contribution >= 4 is 40.1 Å². The van der Waals surface area contributed by atoms with Crippen LogP contribution in [0.5, 0.6) is 0 Å². The third kappa shape index (κ3) is 4.45. The zero-order chi connectivity index (χ0) is 26.6. The van der Waals surface area contributed by atoms with Crippen LogP contribution in [0.3, 0.4) is 0 Å². The van der Waals surface area contributed by atoms with E-state index in [0.717, 1.165) is 51.4 Å². The highest BCUT2D eigenvalue weighted by Crippen LogP contribution is 2.49. The molecular formula is C28H28ClFN4O3. The second kappa shape index (κ2) is 9.11. The van der Waals surface area contributed by atoms with Gasteiger partial charge in [-0.05, 0) is 69.5 Å². The summed E-state index contributed by atoms with van der Waals surface area (Å²) in [4.78, 5) is 23.2. The summed E-state index contributed by atoms with van der Waals surface area (Å²) in [5.74, 6) is -1.26. The lowest BCUT2D eigenvalue weighted by molar-refractivity contribution is -0.160.